The lowest BCUT2D eigenvalue weighted by Gasteiger charge is -2.40. The lowest BCUT2D eigenvalue weighted by molar-refractivity contribution is -0.141. The fourth-order valence-corrected chi connectivity index (χ4v) is 5.44. The maximum atomic E-state index is 12.9. The highest BCUT2D eigenvalue weighted by Gasteiger charge is 2.32. The van der Waals surface area contributed by atoms with E-state index in [1.54, 1.807) is 11.0 Å². The topological polar surface area (TPSA) is 98.2 Å². The first-order chi connectivity index (χ1) is 15.2. The lowest BCUT2D eigenvalue weighted by Crippen LogP contribution is -2.45. The molecule has 2 aliphatic heterocycles. The molecule has 0 radical (unpaired) electrons. The van der Waals surface area contributed by atoms with Gasteiger partial charge in [-0.2, -0.15) is 0 Å². The van der Waals surface area contributed by atoms with Crippen LogP contribution < -0.4 is 0 Å². The van der Waals surface area contributed by atoms with Crippen LogP contribution in [0.3, 0.4) is 0 Å². The summed E-state index contributed by atoms with van der Waals surface area (Å²) in [5.74, 6) is 0.446. The number of carboxylic acid groups (broad SMARTS) is 1. The third-order valence-corrected chi connectivity index (χ3v) is 7.57. The van der Waals surface area contributed by atoms with Crippen LogP contribution in [0, 0.1) is 17.8 Å². The molecular formula is C24H33BrN2O5. The molecule has 3 rings (SSSR count). The highest BCUT2D eigenvalue weighted by Crippen LogP contribution is 2.33. The van der Waals surface area contributed by atoms with Gasteiger partial charge in [-0.3, -0.25) is 14.4 Å². The van der Waals surface area contributed by atoms with Gasteiger partial charge in [0.05, 0.1) is 10.9 Å². The van der Waals surface area contributed by atoms with Gasteiger partial charge >= 0.3 is 5.97 Å². The summed E-state index contributed by atoms with van der Waals surface area (Å²) in [6, 6.07) is 5.37. The summed E-state index contributed by atoms with van der Waals surface area (Å²) in [7, 11) is 0. The Morgan fingerprint density at radius 2 is 1.56 bits per heavy atom. The van der Waals surface area contributed by atoms with Gasteiger partial charge in [0.2, 0.25) is 11.8 Å². The molecule has 7 nitrogen and oxygen atoms in total. The quantitative estimate of drug-likeness (QED) is 0.585. The molecule has 2 N–H and O–H groups in total. The minimum absolute atomic E-state index is 0.0547. The van der Waals surface area contributed by atoms with Crippen molar-refractivity contribution < 1.29 is 24.6 Å². The van der Waals surface area contributed by atoms with E-state index >= 15 is 0 Å². The zero-order valence-corrected chi connectivity index (χ0v) is 20.2. The fourth-order valence-electron chi connectivity index (χ4n) is 5.01. The Kier molecular flexibility index (Phi) is 8.57. The Morgan fingerprint density at radius 3 is 2.09 bits per heavy atom. The molecule has 1 aromatic carbocycles. The summed E-state index contributed by atoms with van der Waals surface area (Å²) >= 11 is 3.33. The monoisotopic (exact) mass is 508 g/mol. The molecular weight excluding hydrogens is 476 g/mol. The zero-order valence-electron chi connectivity index (χ0n) is 18.6. The van der Waals surface area contributed by atoms with E-state index < -0.39 is 5.97 Å². The van der Waals surface area contributed by atoms with E-state index in [-0.39, 0.29) is 36.3 Å². The minimum atomic E-state index is -0.931. The summed E-state index contributed by atoms with van der Waals surface area (Å²) < 4.78 is 0.644. The van der Waals surface area contributed by atoms with Crippen LogP contribution in [0.1, 0.15) is 51.0 Å². The number of phenolic OH excluding ortho intramolecular Hbond substituents is 1. The Balaban J connectivity index is 1.42. The summed E-state index contributed by atoms with van der Waals surface area (Å²) in [5.41, 5.74) is 1.02. The van der Waals surface area contributed by atoms with Crippen molar-refractivity contribution in [3.05, 3.63) is 28.2 Å². The van der Waals surface area contributed by atoms with Gasteiger partial charge in [-0.05, 0) is 77.6 Å². The standard InChI is InChI=1S/C24H33BrN2O5/c1-16(14-17-2-3-21(28)20(25)15-17)24(32)27-12-8-19(9-13-27)18-6-10-26(11-7-18)22(29)4-5-23(30)31/h2-3,15-16,18-19,28H,4-14H2,1H3,(H,30,31)/t16-/m1/s1. The Labute approximate surface area is 197 Å². The molecule has 2 heterocycles. The van der Waals surface area contributed by atoms with Crippen LogP contribution in [0.25, 0.3) is 0 Å². The first kappa shape index (κ1) is 24.6. The molecule has 1 aromatic rings. The average Bonchev–Trinajstić information content (AvgIpc) is 2.79. The second kappa shape index (κ2) is 11.2. The predicted octanol–water partition coefficient (Wildman–Crippen LogP) is 3.68. The van der Waals surface area contributed by atoms with E-state index in [1.165, 1.54) is 0 Å². The van der Waals surface area contributed by atoms with Crippen molar-refractivity contribution in [2.75, 3.05) is 26.2 Å². The van der Waals surface area contributed by atoms with Gasteiger partial charge in [0.1, 0.15) is 5.75 Å². The van der Waals surface area contributed by atoms with Crippen LogP contribution >= 0.6 is 15.9 Å². The van der Waals surface area contributed by atoms with Crippen molar-refractivity contribution in [1.29, 1.82) is 0 Å². The lowest BCUT2D eigenvalue weighted by atomic mass is 9.78. The number of hydrogen-bond donors (Lipinski definition) is 2. The van der Waals surface area contributed by atoms with Crippen molar-refractivity contribution >= 4 is 33.7 Å². The number of likely N-dealkylation sites (tertiary alicyclic amines) is 2. The van der Waals surface area contributed by atoms with E-state index in [0.717, 1.165) is 44.3 Å². The van der Waals surface area contributed by atoms with Crippen molar-refractivity contribution in [3.8, 4) is 5.75 Å². The molecule has 0 aromatic heterocycles. The number of aromatic hydroxyl groups is 1. The number of piperidine rings is 2. The van der Waals surface area contributed by atoms with Gasteiger partial charge in [-0.1, -0.05) is 13.0 Å². The molecule has 2 amide bonds. The second-order valence-corrected chi connectivity index (χ2v) is 10.0. The van der Waals surface area contributed by atoms with Crippen LogP contribution in [0.4, 0.5) is 0 Å². The number of amides is 2. The summed E-state index contributed by atoms with van der Waals surface area (Å²) in [6.07, 6.45) is 4.55. The molecule has 2 aliphatic rings. The van der Waals surface area contributed by atoms with E-state index in [4.69, 9.17) is 5.11 Å². The fraction of sp³-hybridized carbons (Fsp3) is 0.625. The number of carboxylic acids is 1. The van der Waals surface area contributed by atoms with E-state index in [2.05, 4.69) is 15.9 Å². The molecule has 8 heteroatoms. The third-order valence-electron chi connectivity index (χ3n) is 6.94. The first-order valence-electron chi connectivity index (χ1n) is 11.5. The third kappa shape index (κ3) is 6.47. The van der Waals surface area contributed by atoms with E-state index in [0.29, 0.717) is 35.8 Å². The van der Waals surface area contributed by atoms with Gasteiger partial charge in [-0.25, -0.2) is 0 Å². The summed E-state index contributed by atoms with van der Waals surface area (Å²) in [4.78, 5) is 39.5. The van der Waals surface area contributed by atoms with E-state index in [1.807, 2.05) is 24.0 Å². The van der Waals surface area contributed by atoms with Gasteiger partial charge in [-0.15, -0.1) is 0 Å². The van der Waals surface area contributed by atoms with Gasteiger partial charge < -0.3 is 20.0 Å². The zero-order chi connectivity index (χ0) is 23.3. The maximum Gasteiger partial charge on any atom is 0.303 e. The summed E-state index contributed by atoms with van der Waals surface area (Å²) in [6.45, 7) is 4.95. The average molecular weight is 509 g/mol. The Bertz CT molecular complexity index is 830. The number of rotatable bonds is 7. The number of carbonyl (C=O) groups excluding carboxylic acids is 2. The molecule has 0 unspecified atom stereocenters. The number of carbonyl (C=O) groups is 3. The van der Waals surface area contributed by atoms with Crippen LogP contribution in [0.2, 0.25) is 0 Å². The normalized spacial score (nSPS) is 19.1. The number of phenols is 1. The molecule has 1 atom stereocenters. The molecule has 2 fully saturated rings. The maximum absolute atomic E-state index is 12.9. The smallest absolute Gasteiger partial charge is 0.303 e. The van der Waals surface area contributed by atoms with Crippen molar-refractivity contribution in [3.63, 3.8) is 0 Å². The van der Waals surface area contributed by atoms with Crippen LogP contribution in [0.5, 0.6) is 5.75 Å². The van der Waals surface area contributed by atoms with Crippen molar-refractivity contribution in [1.82, 2.24) is 9.80 Å². The molecule has 0 saturated carbocycles. The summed E-state index contributed by atoms with van der Waals surface area (Å²) in [5, 5.41) is 18.4. The van der Waals surface area contributed by atoms with Crippen LogP contribution in [0.15, 0.2) is 22.7 Å². The highest BCUT2D eigenvalue weighted by atomic mass is 79.9. The number of aliphatic carboxylic acids is 1. The highest BCUT2D eigenvalue weighted by molar-refractivity contribution is 9.10. The minimum Gasteiger partial charge on any atom is -0.507 e. The van der Waals surface area contributed by atoms with Crippen LogP contribution in [-0.2, 0) is 20.8 Å². The van der Waals surface area contributed by atoms with Crippen LogP contribution in [-0.4, -0.2) is 64.0 Å². The SMILES string of the molecule is C[C@H](Cc1ccc(O)c(Br)c1)C(=O)N1CCC(C2CCN(C(=O)CCC(=O)O)CC2)CC1. The molecule has 2 saturated heterocycles. The first-order valence-corrected chi connectivity index (χ1v) is 12.3. The predicted molar refractivity (Wildman–Crippen MR) is 124 cm³/mol. The molecule has 0 bridgehead atoms. The molecule has 0 spiro atoms. The molecule has 32 heavy (non-hydrogen) atoms. The number of hydrogen-bond acceptors (Lipinski definition) is 4. The van der Waals surface area contributed by atoms with E-state index in [9.17, 15) is 19.5 Å². The second-order valence-electron chi connectivity index (χ2n) is 9.17. The number of nitrogens with zero attached hydrogens (tertiary/aromatic N) is 2. The van der Waals surface area contributed by atoms with Gasteiger partial charge in [0, 0.05) is 38.5 Å². The van der Waals surface area contributed by atoms with Gasteiger partial charge in [0.25, 0.3) is 0 Å². The Hall–Kier alpha value is -2.09. The number of halogens is 1. The Morgan fingerprint density at radius 1 is 1.00 bits per heavy atom. The van der Waals surface area contributed by atoms with Crippen molar-refractivity contribution in [2.45, 2.75) is 51.9 Å². The molecule has 176 valence electrons. The largest absolute Gasteiger partial charge is 0.507 e. The number of benzene rings is 1. The van der Waals surface area contributed by atoms with Crippen molar-refractivity contribution in [2.24, 2.45) is 17.8 Å². The molecule has 0 aliphatic carbocycles. The van der Waals surface area contributed by atoms with Gasteiger partial charge in [0.15, 0.2) is 0 Å².